The van der Waals surface area contributed by atoms with Crippen LogP contribution in [0, 0.1) is 22.7 Å². The standard InChI is InChI=1S/C18H34N2O/c1-6-18(7-2)10-11-20(12-18)16(21)14-8-9-15(19)13(3)17(14,4)5/h13-15H,6-12,19H2,1-5H3. The van der Waals surface area contributed by atoms with Crippen LogP contribution >= 0.6 is 0 Å². The lowest BCUT2D eigenvalue weighted by molar-refractivity contribution is -0.142. The maximum atomic E-state index is 13.1. The first kappa shape index (κ1) is 16.8. The van der Waals surface area contributed by atoms with Gasteiger partial charge in [-0.3, -0.25) is 4.79 Å². The minimum Gasteiger partial charge on any atom is -0.342 e. The summed E-state index contributed by atoms with van der Waals surface area (Å²) < 4.78 is 0. The third kappa shape index (κ3) is 2.86. The van der Waals surface area contributed by atoms with E-state index in [1.54, 1.807) is 0 Å². The van der Waals surface area contributed by atoms with E-state index in [2.05, 4.69) is 39.5 Å². The zero-order valence-corrected chi connectivity index (χ0v) is 14.6. The lowest BCUT2D eigenvalue weighted by atomic mass is 9.60. The fraction of sp³-hybridized carbons (Fsp3) is 0.944. The molecule has 1 aliphatic carbocycles. The maximum Gasteiger partial charge on any atom is 0.226 e. The topological polar surface area (TPSA) is 46.3 Å². The van der Waals surface area contributed by atoms with Gasteiger partial charge in [0.15, 0.2) is 0 Å². The van der Waals surface area contributed by atoms with Gasteiger partial charge in [-0.25, -0.2) is 0 Å². The summed E-state index contributed by atoms with van der Waals surface area (Å²) in [5.41, 5.74) is 6.61. The van der Waals surface area contributed by atoms with E-state index in [0.717, 1.165) is 25.9 Å². The number of hydrogen-bond acceptors (Lipinski definition) is 2. The van der Waals surface area contributed by atoms with Crippen molar-refractivity contribution in [1.29, 1.82) is 0 Å². The fourth-order valence-electron chi connectivity index (χ4n) is 4.46. The fourth-order valence-corrected chi connectivity index (χ4v) is 4.46. The number of likely N-dealkylation sites (tertiary alicyclic amines) is 1. The van der Waals surface area contributed by atoms with Crippen molar-refractivity contribution in [2.24, 2.45) is 28.4 Å². The van der Waals surface area contributed by atoms with Crippen LogP contribution in [0.25, 0.3) is 0 Å². The summed E-state index contributed by atoms with van der Waals surface area (Å²) in [6.45, 7) is 13.1. The van der Waals surface area contributed by atoms with E-state index in [4.69, 9.17) is 5.73 Å². The largest absolute Gasteiger partial charge is 0.342 e. The van der Waals surface area contributed by atoms with E-state index in [1.165, 1.54) is 19.3 Å². The van der Waals surface area contributed by atoms with Crippen LogP contribution in [-0.4, -0.2) is 29.9 Å². The van der Waals surface area contributed by atoms with Crippen molar-refractivity contribution in [1.82, 2.24) is 4.90 Å². The highest BCUT2D eigenvalue weighted by Gasteiger charge is 2.48. The Balaban J connectivity index is 2.10. The molecular weight excluding hydrogens is 260 g/mol. The van der Waals surface area contributed by atoms with Crippen molar-refractivity contribution in [2.45, 2.75) is 72.8 Å². The smallest absolute Gasteiger partial charge is 0.226 e. The summed E-state index contributed by atoms with van der Waals surface area (Å²) in [6.07, 6.45) is 5.49. The van der Waals surface area contributed by atoms with E-state index in [0.29, 0.717) is 17.2 Å². The van der Waals surface area contributed by atoms with Crippen molar-refractivity contribution in [3.8, 4) is 0 Å². The van der Waals surface area contributed by atoms with Gasteiger partial charge in [0, 0.05) is 25.0 Å². The average molecular weight is 294 g/mol. The molecule has 1 aliphatic heterocycles. The molecule has 1 heterocycles. The first-order chi connectivity index (χ1) is 9.77. The van der Waals surface area contributed by atoms with Crippen LogP contribution in [0.5, 0.6) is 0 Å². The predicted molar refractivity (Wildman–Crippen MR) is 87.9 cm³/mol. The van der Waals surface area contributed by atoms with Gasteiger partial charge in [-0.1, -0.05) is 34.6 Å². The molecule has 21 heavy (non-hydrogen) atoms. The van der Waals surface area contributed by atoms with E-state index in [1.807, 2.05) is 0 Å². The molecule has 1 saturated carbocycles. The monoisotopic (exact) mass is 294 g/mol. The molecule has 3 unspecified atom stereocenters. The van der Waals surface area contributed by atoms with Crippen LogP contribution in [0.15, 0.2) is 0 Å². The molecule has 3 atom stereocenters. The number of amides is 1. The van der Waals surface area contributed by atoms with Crippen molar-refractivity contribution in [3.05, 3.63) is 0 Å². The number of nitrogens with two attached hydrogens (primary N) is 1. The summed E-state index contributed by atoms with van der Waals surface area (Å²) in [4.78, 5) is 15.2. The Bertz CT molecular complexity index is 387. The van der Waals surface area contributed by atoms with Crippen LogP contribution in [0.4, 0.5) is 0 Å². The molecular formula is C18H34N2O. The van der Waals surface area contributed by atoms with Crippen molar-refractivity contribution >= 4 is 5.91 Å². The molecule has 2 N–H and O–H groups in total. The minimum atomic E-state index is 0.0123. The summed E-state index contributed by atoms with van der Waals surface area (Å²) in [6, 6.07) is 0.244. The highest BCUT2D eigenvalue weighted by Crippen LogP contribution is 2.46. The summed E-state index contributed by atoms with van der Waals surface area (Å²) in [5.74, 6) is 0.948. The molecule has 0 bridgehead atoms. The van der Waals surface area contributed by atoms with Gasteiger partial charge < -0.3 is 10.6 Å². The van der Waals surface area contributed by atoms with Crippen LogP contribution in [-0.2, 0) is 4.79 Å². The molecule has 3 nitrogen and oxygen atoms in total. The van der Waals surface area contributed by atoms with Gasteiger partial charge in [0.2, 0.25) is 5.91 Å². The van der Waals surface area contributed by atoms with Crippen LogP contribution < -0.4 is 5.73 Å². The van der Waals surface area contributed by atoms with Gasteiger partial charge in [0.25, 0.3) is 0 Å². The number of carbonyl (C=O) groups is 1. The summed E-state index contributed by atoms with van der Waals surface area (Å²) in [7, 11) is 0. The van der Waals surface area contributed by atoms with E-state index in [9.17, 15) is 4.79 Å². The van der Waals surface area contributed by atoms with Crippen LogP contribution in [0.1, 0.15) is 66.7 Å². The second kappa shape index (κ2) is 5.91. The van der Waals surface area contributed by atoms with E-state index in [-0.39, 0.29) is 17.4 Å². The molecule has 0 radical (unpaired) electrons. The Morgan fingerprint density at radius 1 is 1.24 bits per heavy atom. The van der Waals surface area contributed by atoms with Gasteiger partial charge in [-0.15, -0.1) is 0 Å². The molecule has 0 aromatic rings. The molecule has 122 valence electrons. The zero-order valence-electron chi connectivity index (χ0n) is 14.6. The zero-order chi connectivity index (χ0) is 15.8. The molecule has 0 aromatic carbocycles. The number of carbonyl (C=O) groups excluding carboxylic acids is 1. The SMILES string of the molecule is CCC1(CC)CCN(C(=O)C2CCC(N)C(C)C2(C)C)C1. The lowest BCUT2D eigenvalue weighted by Gasteiger charge is -2.47. The molecule has 2 aliphatic rings. The highest BCUT2D eigenvalue weighted by molar-refractivity contribution is 5.80. The molecule has 0 aromatic heterocycles. The number of rotatable bonds is 3. The molecule has 3 heteroatoms. The van der Waals surface area contributed by atoms with Crippen LogP contribution in [0.2, 0.25) is 0 Å². The summed E-state index contributed by atoms with van der Waals surface area (Å²) >= 11 is 0. The molecule has 0 spiro atoms. The van der Waals surface area contributed by atoms with E-state index >= 15 is 0 Å². The summed E-state index contributed by atoms with van der Waals surface area (Å²) in [5, 5.41) is 0. The quantitative estimate of drug-likeness (QED) is 0.867. The molecule has 2 fully saturated rings. The van der Waals surface area contributed by atoms with Crippen molar-refractivity contribution in [3.63, 3.8) is 0 Å². The van der Waals surface area contributed by atoms with Crippen molar-refractivity contribution in [2.75, 3.05) is 13.1 Å². The van der Waals surface area contributed by atoms with Gasteiger partial charge >= 0.3 is 0 Å². The van der Waals surface area contributed by atoms with Gasteiger partial charge in [0.1, 0.15) is 0 Å². The van der Waals surface area contributed by atoms with Gasteiger partial charge in [-0.05, 0) is 48.9 Å². The first-order valence-electron chi connectivity index (χ1n) is 8.82. The normalized spacial score (nSPS) is 35.0. The van der Waals surface area contributed by atoms with Gasteiger partial charge in [-0.2, -0.15) is 0 Å². The second-order valence-corrected chi connectivity index (χ2v) is 8.12. The average Bonchev–Trinajstić information content (AvgIpc) is 2.89. The third-order valence-electron chi connectivity index (χ3n) is 7.05. The Hall–Kier alpha value is -0.570. The van der Waals surface area contributed by atoms with Crippen LogP contribution in [0.3, 0.4) is 0 Å². The first-order valence-corrected chi connectivity index (χ1v) is 8.82. The Morgan fingerprint density at radius 3 is 2.38 bits per heavy atom. The molecule has 1 amide bonds. The Kier molecular flexibility index (Phi) is 4.72. The Morgan fingerprint density at radius 2 is 1.86 bits per heavy atom. The second-order valence-electron chi connectivity index (χ2n) is 8.12. The highest BCUT2D eigenvalue weighted by atomic mass is 16.2. The predicted octanol–water partition coefficient (Wildman–Crippen LogP) is 3.42. The van der Waals surface area contributed by atoms with E-state index < -0.39 is 0 Å². The maximum absolute atomic E-state index is 13.1. The van der Waals surface area contributed by atoms with Crippen molar-refractivity contribution < 1.29 is 4.79 Å². The third-order valence-corrected chi connectivity index (χ3v) is 7.05. The minimum absolute atomic E-state index is 0.0123. The number of hydrogen-bond donors (Lipinski definition) is 1. The number of nitrogens with zero attached hydrogens (tertiary/aromatic N) is 1. The Labute approximate surface area is 130 Å². The molecule has 1 saturated heterocycles. The lowest BCUT2D eigenvalue weighted by Crippen LogP contribution is -2.52. The molecule has 2 rings (SSSR count). The van der Waals surface area contributed by atoms with Gasteiger partial charge in [0.05, 0.1) is 0 Å².